The van der Waals surface area contributed by atoms with E-state index in [0.29, 0.717) is 41.7 Å². The fourth-order valence-corrected chi connectivity index (χ4v) is 8.86. The topological polar surface area (TPSA) is 34.1 Å². The maximum Gasteiger partial charge on any atom is 0.137 e. The lowest BCUT2D eigenvalue weighted by Gasteiger charge is -2.59. The second-order valence-corrected chi connectivity index (χ2v) is 12.4. The SMILES string of the molecule is CC(C)CCC[C@@H](C)[C@@H]1CC[C@H]2[C@H]3CC(=O)[C@H]4CC(=O)CC[C@]4(C)[C@@H]3CC[C@@]21C. The van der Waals surface area contributed by atoms with Crippen LogP contribution in [-0.2, 0) is 9.59 Å². The standard InChI is InChI=1S/C27H44O2/c1-17(2)7-6-8-18(3)21-9-10-22-20-16-25(29)24-15-19(28)11-13-27(24,5)23(20)12-14-26(21,22)4/h17-18,20-24H,6-16H2,1-5H3/t18-,20-,21+,22+,23-,24-,26-,27-/m1/s1. The van der Waals surface area contributed by atoms with Gasteiger partial charge in [0.1, 0.15) is 11.6 Å². The molecule has 0 aromatic carbocycles. The Labute approximate surface area is 179 Å². The van der Waals surface area contributed by atoms with Gasteiger partial charge in [0.05, 0.1) is 0 Å². The molecule has 0 unspecified atom stereocenters. The highest BCUT2D eigenvalue weighted by Crippen LogP contribution is 2.67. The van der Waals surface area contributed by atoms with Crippen molar-refractivity contribution in [2.24, 2.45) is 52.3 Å². The summed E-state index contributed by atoms with van der Waals surface area (Å²) in [6, 6.07) is 0. The Morgan fingerprint density at radius 2 is 1.62 bits per heavy atom. The molecule has 4 aliphatic rings. The van der Waals surface area contributed by atoms with Crippen LogP contribution >= 0.6 is 0 Å². The van der Waals surface area contributed by atoms with Gasteiger partial charge in [0.25, 0.3) is 0 Å². The summed E-state index contributed by atoms with van der Waals surface area (Å²) in [6.45, 7) is 12.2. The maximum absolute atomic E-state index is 13.2. The Morgan fingerprint density at radius 3 is 2.34 bits per heavy atom. The summed E-state index contributed by atoms with van der Waals surface area (Å²) < 4.78 is 0. The van der Waals surface area contributed by atoms with Crippen molar-refractivity contribution in [2.45, 2.75) is 105 Å². The van der Waals surface area contributed by atoms with E-state index in [1.165, 1.54) is 44.9 Å². The van der Waals surface area contributed by atoms with Crippen LogP contribution in [0.3, 0.4) is 0 Å². The first kappa shape index (κ1) is 21.6. The third kappa shape index (κ3) is 3.55. The normalized spacial score (nSPS) is 45.7. The molecule has 0 bridgehead atoms. The molecular weight excluding hydrogens is 356 g/mol. The molecule has 0 heterocycles. The van der Waals surface area contributed by atoms with Crippen molar-refractivity contribution in [2.75, 3.05) is 0 Å². The molecule has 2 nitrogen and oxygen atoms in total. The third-order valence-electron chi connectivity index (χ3n) is 10.5. The summed E-state index contributed by atoms with van der Waals surface area (Å²) in [6.07, 6.45) is 12.4. The zero-order valence-electron chi connectivity index (χ0n) is 19.6. The first-order chi connectivity index (χ1) is 13.7. The average Bonchev–Trinajstić information content (AvgIpc) is 3.00. The van der Waals surface area contributed by atoms with Gasteiger partial charge in [-0.25, -0.2) is 0 Å². The first-order valence-electron chi connectivity index (χ1n) is 12.7. The van der Waals surface area contributed by atoms with Gasteiger partial charge < -0.3 is 0 Å². The van der Waals surface area contributed by atoms with Crippen LogP contribution in [0.2, 0.25) is 0 Å². The minimum atomic E-state index is 0.0292. The highest BCUT2D eigenvalue weighted by atomic mass is 16.1. The van der Waals surface area contributed by atoms with Gasteiger partial charge in [-0.2, -0.15) is 0 Å². The minimum Gasteiger partial charge on any atom is -0.300 e. The van der Waals surface area contributed by atoms with E-state index < -0.39 is 0 Å². The lowest BCUT2D eigenvalue weighted by Crippen LogP contribution is -2.56. The van der Waals surface area contributed by atoms with E-state index in [9.17, 15) is 9.59 Å². The van der Waals surface area contributed by atoms with E-state index in [1.54, 1.807) is 0 Å². The number of hydrogen-bond acceptors (Lipinski definition) is 2. The minimum absolute atomic E-state index is 0.0292. The van der Waals surface area contributed by atoms with Crippen molar-refractivity contribution < 1.29 is 9.59 Å². The van der Waals surface area contributed by atoms with Crippen molar-refractivity contribution in [3.05, 3.63) is 0 Å². The van der Waals surface area contributed by atoms with Crippen LogP contribution in [-0.4, -0.2) is 11.6 Å². The zero-order valence-corrected chi connectivity index (χ0v) is 19.6. The molecule has 0 aliphatic heterocycles. The summed E-state index contributed by atoms with van der Waals surface area (Å²) >= 11 is 0. The van der Waals surface area contributed by atoms with Crippen LogP contribution in [0.4, 0.5) is 0 Å². The molecule has 4 saturated carbocycles. The fraction of sp³-hybridized carbons (Fsp3) is 0.926. The van der Waals surface area contributed by atoms with Crippen molar-refractivity contribution in [3.8, 4) is 0 Å². The number of hydrogen-bond donors (Lipinski definition) is 0. The second kappa shape index (κ2) is 7.79. The number of rotatable bonds is 5. The molecule has 0 N–H and O–H groups in total. The van der Waals surface area contributed by atoms with Crippen LogP contribution in [0.25, 0.3) is 0 Å². The molecule has 0 saturated heterocycles. The van der Waals surface area contributed by atoms with E-state index in [-0.39, 0.29) is 11.3 Å². The molecule has 0 amide bonds. The van der Waals surface area contributed by atoms with Gasteiger partial charge in [-0.1, -0.05) is 53.9 Å². The molecule has 0 aromatic rings. The molecule has 164 valence electrons. The number of carbonyl (C=O) groups is 2. The maximum atomic E-state index is 13.2. The molecule has 4 rings (SSSR count). The zero-order chi connectivity index (χ0) is 21.0. The summed E-state index contributed by atoms with van der Waals surface area (Å²) in [5.74, 6) is 5.25. The largest absolute Gasteiger partial charge is 0.300 e. The molecule has 0 aromatic heterocycles. The van der Waals surface area contributed by atoms with Crippen molar-refractivity contribution >= 4 is 11.6 Å². The molecule has 0 radical (unpaired) electrons. The van der Waals surface area contributed by atoms with Gasteiger partial charge in [-0.3, -0.25) is 9.59 Å². The van der Waals surface area contributed by atoms with Crippen LogP contribution in [0.15, 0.2) is 0 Å². The summed E-state index contributed by atoms with van der Waals surface area (Å²) in [5, 5.41) is 0. The van der Waals surface area contributed by atoms with Gasteiger partial charge >= 0.3 is 0 Å². The summed E-state index contributed by atoms with van der Waals surface area (Å²) in [5.41, 5.74) is 0.530. The van der Waals surface area contributed by atoms with Gasteiger partial charge in [-0.05, 0) is 78.4 Å². The lowest BCUT2D eigenvalue weighted by atomic mass is 9.44. The van der Waals surface area contributed by atoms with Crippen LogP contribution in [0.5, 0.6) is 0 Å². The molecular formula is C27H44O2. The third-order valence-corrected chi connectivity index (χ3v) is 10.5. The predicted octanol–water partition coefficient (Wildman–Crippen LogP) is 6.86. The van der Waals surface area contributed by atoms with E-state index >= 15 is 0 Å². The van der Waals surface area contributed by atoms with E-state index in [4.69, 9.17) is 0 Å². The summed E-state index contributed by atoms with van der Waals surface area (Å²) in [4.78, 5) is 25.3. The van der Waals surface area contributed by atoms with Gasteiger partial charge in [0, 0.05) is 25.2 Å². The highest BCUT2D eigenvalue weighted by molar-refractivity contribution is 5.90. The average molecular weight is 401 g/mol. The summed E-state index contributed by atoms with van der Waals surface area (Å²) in [7, 11) is 0. The molecule has 29 heavy (non-hydrogen) atoms. The second-order valence-electron chi connectivity index (χ2n) is 12.4. The fourth-order valence-electron chi connectivity index (χ4n) is 8.86. The number of fused-ring (bicyclic) bond motifs is 5. The molecule has 4 fully saturated rings. The Bertz CT molecular complexity index is 651. The van der Waals surface area contributed by atoms with Gasteiger partial charge in [0.2, 0.25) is 0 Å². The lowest BCUT2D eigenvalue weighted by molar-refractivity contribution is -0.159. The Kier molecular flexibility index (Phi) is 5.79. The first-order valence-corrected chi connectivity index (χ1v) is 12.7. The number of Topliss-reactive ketones (excluding diaryl/α,β-unsaturated/α-hetero) is 2. The van der Waals surface area contributed by atoms with Gasteiger partial charge in [-0.15, -0.1) is 0 Å². The smallest absolute Gasteiger partial charge is 0.137 e. The van der Waals surface area contributed by atoms with E-state index in [0.717, 1.165) is 36.5 Å². The molecule has 0 spiro atoms. The molecule has 4 aliphatic carbocycles. The van der Waals surface area contributed by atoms with Crippen molar-refractivity contribution in [3.63, 3.8) is 0 Å². The van der Waals surface area contributed by atoms with Crippen LogP contribution in [0.1, 0.15) is 105 Å². The monoisotopic (exact) mass is 400 g/mol. The van der Waals surface area contributed by atoms with Gasteiger partial charge in [0.15, 0.2) is 0 Å². The molecule has 2 heteroatoms. The van der Waals surface area contributed by atoms with Crippen molar-refractivity contribution in [1.29, 1.82) is 0 Å². The Balaban J connectivity index is 1.51. The predicted molar refractivity (Wildman–Crippen MR) is 118 cm³/mol. The highest BCUT2D eigenvalue weighted by Gasteiger charge is 2.62. The van der Waals surface area contributed by atoms with E-state index in [1.807, 2.05) is 0 Å². The Hall–Kier alpha value is -0.660. The number of ketones is 2. The van der Waals surface area contributed by atoms with Crippen molar-refractivity contribution in [1.82, 2.24) is 0 Å². The molecule has 8 atom stereocenters. The number of carbonyl (C=O) groups excluding carboxylic acids is 2. The Morgan fingerprint density at radius 1 is 0.897 bits per heavy atom. The quantitative estimate of drug-likeness (QED) is 0.505. The van der Waals surface area contributed by atoms with E-state index in [2.05, 4.69) is 34.6 Å². The van der Waals surface area contributed by atoms with Crippen LogP contribution < -0.4 is 0 Å². The van der Waals surface area contributed by atoms with Crippen LogP contribution in [0, 0.1) is 52.3 Å².